The summed E-state index contributed by atoms with van der Waals surface area (Å²) < 4.78 is 0. The standard InChI is InChI=1S/C18H27N3O2S/c1-5-19-18(23)20(6-2)11-12-21-16(22)14(4)24-17(21)15-10-8-7-9-13(15)3/h7-10,14,17H,5-6,11-12H2,1-4H3,(H,19,23)/t14-,17+/m0/s1. The Labute approximate surface area is 148 Å². The van der Waals surface area contributed by atoms with Gasteiger partial charge in [0.1, 0.15) is 5.37 Å². The fourth-order valence-corrected chi connectivity index (χ4v) is 4.31. The number of hydrogen-bond donors (Lipinski definition) is 1. The Balaban J connectivity index is 2.12. The number of urea groups is 1. The van der Waals surface area contributed by atoms with Crippen LogP contribution in [0.4, 0.5) is 4.79 Å². The average Bonchev–Trinajstić information content (AvgIpc) is 2.84. The Hall–Kier alpha value is -1.69. The molecular weight excluding hydrogens is 322 g/mol. The van der Waals surface area contributed by atoms with Crippen LogP contribution in [-0.2, 0) is 4.79 Å². The highest BCUT2D eigenvalue weighted by molar-refractivity contribution is 8.01. The summed E-state index contributed by atoms with van der Waals surface area (Å²) in [5.41, 5.74) is 2.37. The van der Waals surface area contributed by atoms with Crippen molar-refractivity contribution in [3.63, 3.8) is 0 Å². The first-order valence-corrected chi connectivity index (χ1v) is 9.48. The van der Waals surface area contributed by atoms with Crippen molar-refractivity contribution in [2.24, 2.45) is 0 Å². The molecule has 1 aliphatic heterocycles. The van der Waals surface area contributed by atoms with E-state index in [2.05, 4.69) is 24.4 Å². The van der Waals surface area contributed by atoms with Crippen molar-refractivity contribution in [2.75, 3.05) is 26.2 Å². The zero-order chi connectivity index (χ0) is 17.7. The second-order valence-corrected chi connectivity index (χ2v) is 7.36. The van der Waals surface area contributed by atoms with Gasteiger partial charge in [0.25, 0.3) is 0 Å². The van der Waals surface area contributed by atoms with E-state index in [9.17, 15) is 9.59 Å². The van der Waals surface area contributed by atoms with Crippen LogP contribution in [0, 0.1) is 6.92 Å². The number of nitrogens with zero attached hydrogens (tertiary/aromatic N) is 2. The Morgan fingerprint density at radius 2 is 2.04 bits per heavy atom. The number of nitrogens with one attached hydrogen (secondary N) is 1. The van der Waals surface area contributed by atoms with Crippen LogP contribution in [-0.4, -0.2) is 53.2 Å². The van der Waals surface area contributed by atoms with Crippen LogP contribution < -0.4 is 5.32 Å². The minimum atomic E-state index is -0.0696. The van der Waals surface area contributed by atoms with E-state index in [1.165, 1.54) is 11.1 Å². The van der Waals surface area contributed by atoms with Crippen LogP contribution in [0.25, 0.3) is 0 Å². The van der Waals surface area contributed by atoms with Crippen molar-refractivity contribution in [3.8, 4) is 0 Å². The van der Waals surface area contributed by atoms with Crippen molar-refractivity contribution in [1.82, 2.24) is 15.1 Å². The van der Waals surface area contributed by atoms with Crippen LogP contribution >= 0.6 is 11.8 Å². The normalized spacial score (nSPS) is 20.3. The first-order valence-electron chi connectivity index (χ1n) is 8.53. The molecule has 24 heavy (non-hydrogen) atoms. The van der Waals surface area contributed by atoms with Crippen LogP contribution in [0.5, 0.6) is 0 Å². The second-order valence-electron chi connectivity index (χ2n) is 5.93. The molecule has 2 rings (SSSR count). The van der Waals surface area contributed by atoms with E-state index < -0.39 is 0 Å². The molecule has 0 radical (unpaired) electrons. The third-order valence-corrected chi connectivity index (χ3v) is 5.69. The quantitative estimate of drug-likeness (QED) is 0.859. The Bertz CT molecular complexity index is 593. The van der Waals surface area contributed by atoms with Gasteiger partial charge in [-0.15, -0.1) is 11.8 Å². The molecule has 1 aliphatic rings. The molecule has 1 saturated heterocycles. The van der Waals surface area contributed by atoms with Gasteiger partial charge in [-0.05, 0) is 38.8 Å². The molecule has 0 aromatic heterocycles. The minimum Gasteiger partial charge on any atom is -0.338 e. The highest BCUT2D eigenvalue weighted by Gasteiger charge is 2.38. The third-order valence-electron chi connectivity index (χ3n) is 4.31. The average molecular weight is 350 g/mol. The van der Waals surface area contributed by atoms with Gasteiger partial charge in [0, 0.05) is 26.2 Å². The van der Waals surface area contributed by atoms with Crippen LogP contribution in [0.1, 0.15) is 37.3 Å². The van der Waals surface area contributed by atoms with Gasteiger partial charge in [-0.25, -0.2) is 4.79 Å². The topological polar surface area (TPSA) is 52.7 Å². The smallest absolute Gasteiger partial charge is 0.317 e. The van der Waals surface area contributed by atoms with E-state index in [0.717, 1.165) is 0 Å². The zero-order valence-electron chi connectivity index (χ0n) is 14.9. The highest BCUT2D eigenvalue weighted by Crippen LogP contribution is 2.43. The summed E-state index contributed by atoms with van der Waals surface area (Å²) in [6.07, 6.45) is 0. The number of likely N-dealkylation sites (N-methyl/N-ethyl adjacent to an activating group) is 1. The van der Waals surface area contributed by atoms with E-state index in [0.29, 0.717) is 26.2 Å². The maximum Gasteiger partial charge on any atom is 0.317 e. The monoisotopic (exact) mass is 349 g/mol. The largest absolute Gasteiger partial charge is 0.338 e. The molecule has 6 heteroatoms. The number of aryl methyl sites for hydroxylation is 1. The fraction of sp³-hybridized carbons (Fsp3) is 0.556. The van der Waals surface area contributed by atoms with Gasteiger partial charge in [0.05, 0.1) is 5.25 Å². The van der Waals surface area contributed by atoms with Gasteiger partial charge in [0.15, 0.2) is 0 Å². The van der Waals surface area contributed by atoms with Gasteiger partial charge in [-0.3, -0.25) is 4.79 Å². The highest BCUT2D eigenvalue weighted by atomic mass is 32.2. The lowest BCUT2D eigenvalue weighted by atomic mass is 10.1. The summed E-state index contributed by atoms with van der Waals surface area (Å²) in [6, 6.07) is 8.13. The minimum absolute atomic E-state index is 0.0293. The van der Waals surface area contributed by atoms with Crippen molar-refractivity contribution >= 4 is 23.7 Å². The Morgan fingerprint density at radius 1 is 1.33 bits per heavy atom. The zero-order valence-corrected chi connectivity index (χ0v) is 15.7. The van der Waals surface area contributed by atoms with Gasteiger partial charge in [0.2, 0.25) is 5.91 Å². The predicted octanol–water partition coefficient (Wildman–Crippen LogP) is 3.01. The molecule has 0 bridgehead atoms. The fourth-order valence-electron chi connectivity index (χ4n) is 2.90. The van der Waals surface area contributed by atoms with E-state index in [-0.39, 0.29) is 22.6 Å². The van der Waals surface area contributed by atoms with Gasteiger partial charge in [-0.2, -0.15) is 0 Å². The molecule has 3 amide bonds. The summed E-state index contributed by atoms with van der Waals surface area (Å²) in [7, 11) is 0. The summed E-state index contributed by atoms with van der Waals surface area (Å²) >= 11 is 1.68. The SMILES string of the molecule is CCNC(=O)N(CC)CCN1C(=O)[C@H](C)S[C@@H]1c1ccccc1C. The number of rotatable bonds is 6. The van der Waals surface area contributed by atoms with Crippen molar-refractivity contribution in [2.45, 2.75) is 38.3 Å². The molecule has 1 aromatic carbocycles. The number of carbonyl (C=O) groups excluding carboxylic acids is 2. The van der Waals surface area contributed by atoms with Crippen LogP contribution in [0.2, 0.25) is 0 Å². The summed E-state index contributed by atoms with van der Waals surface area (Å²) in [5.74, 6) is 0.153. The maximum atomic E-state index is 12.6. The molecule has 1 N–H and O–H groups in total. The lowest BCUT2D eigenvalue weighted by Crippen LogP contribution is -2.44. The molecule has 0 spiro atoms. The van der Waals surface area contributed by atoms with Gasteiger partial charge in [-0.1, -0.05) is 24.3 Å². The molecule has 1 heterocycles. The number of benzene rings is 1. The van der Waals surface area contributed by atoms with Crippen LogP contribution in [0.3, 0.4) is 0 Å². The Kier molecular flexibility index (Phi) is 6.54. The lowest BCUT2D eigenvalue weighted by molar-refractivity contribution is -0.129. The van der Waals surface area contributed by atoms with Crippen molar-refractivity contribution in [3.05, 3.63) is 35.4 Å². The van der Waals surface area contributed by atoms with E-state index in [4.69, 9.17) is 0 Å². The molecule has 0 unspecified atom stereocenters. The van der Waals surface area contributed by atoms with Crippen LogP contribution in [0.15, 0.2) is 24.3 Å². The second kappa shape index (κ2) is 8.42. The van der Waals surface area contributed by atoms with E-state index in [1.54, 1.807) is 16.7 Å². The van der Waals surface area contributed by atoms with Gasteiger partial charge < -0.3 is 15.1 Å². The summed E-state index contributed by atoms with van der Waals surface area (Å²) in [4.78, 5) is 28.3. The molecule has 2 atom stereocenters. The lowest BCUT2D eigenvalue weighted by Gasteiger charge is -2.29. The molecule has 0 aliphatic carbocycles. The third kappa shape index (κ3) is 4.04. The maximum absolute atomic E-state index is 12.6. The summed E-state index contributed by atoms with van der Waals surface area (Å²) in [5, 5.41) is 2.80. The first-order chi connectivity index (χ1) is 11.5. The number of carbonyl (C=O) groups is 2. The number of thioether (sulfide) groups is 1. The molecular formula is C18H27N3O2S. The molecule has 132 valence electrons. The number of amides is 3. The molecule has 0 saturated carbocycles. The van der Waals surface area contributed by atoms with Crippen molar-refractivity contribution < 1.29 is 9.59 Å². The molecule has 1 fully saturated rings. The predicted molar refractivity (Wildman–Crippen MR) is 99.0 cm³/mol. The number of hydrogen-bond acceptors (Lipinski definition) is 3. The molecule has 1 aromatic rings. The van der Waals surface area contributed by atoms with Gasteiger partial charge >= 0.3 is 6.03 Å². The molecule has 5 nitrogen and oxygen atoms in total. The first kappa shape index (κ1) is 18.6. The summed E-state index contributed by atoms with van der Waals surface area (Å²) in [6.45, 7) is 10.2. The van der Waals surface area contributed by atoms with E-state index in [1.807, 2.05) is 37.8 Å². The van der Waals surface area contributed by atoms with Crippen molar-refractivity contribution in [1.29, 1.82) is 0 Å². The Morgan fingerprint density at radius 3 is 2.67 bits per heavy atom. The van der Waals surface area contributed by atoms with E-state index >= 15 is 0 Å².